The summed E-state index contributed by atoms with van der Waals surface area (Å²) in [6.07, 6.45) is 71.0. The van der Waals surface area contributed by atoms with Gasteiger partial charge in [-0.05, 0) is 32.1 Å². The molecule has 0 aliphatic heterocycles. The van der Waals surface area contributed by atoms with Gasteiger partial charge in [0.15, 0.2) is 0 Å². The topological polar surface area (TPSA) is 95.9 Å². The van der Waals surface area contributed by atoms with Crippen molar-refractivity contribution >= 4 is 11.9 Å². The van der Waals surface area contributed by atoms with Crippen LogP contribution in [0.2, 0.25) is 0 Å². The quantitative estimate of drug-likeness (QED) is 0.0321. The molecule has 2 unspecified atom stereocenters. The first-order valence-corrected chi connectivity index (χ1v) is 31.5. The summed E-state index contributed by atoms with van der Waals surface area (Å²) in [7, 11) is 0. The fourth-order valence-corrected chi connectivity index (χ4v) is 9.99. The molecule has 0 aromatic carbocycles. The number of rotatable bonds is 59. The third kappa shape index (κ3) is 55.8. The van der Waals surface area contributed by atoms with Crippen LogP contribution in [0.15, 0.2) is 12.2 Å². The van der Waals surface area contributed by atoms with Gasteiger partial charge >= 0.3 is 5.97 Å². The van der Waals surface area contributed by atoms with Gasteiger partial charge in [-0.1, -0.05) is 321 Å². The number of carbonyl (C=O) groups excluding carboxylic acids is 2. The molecule has 1 amide bonds. The maximum absolute atomic E-state index is 12.5. The van der Waals surface area contributed by atoms with Gasteiger partial charge in [-0.15, -0.1) is 0 Å². The highest BCUT2D eigenvalue weighted by atomic mass is 16.5. The van der Waals surface area contributed by atoms with E-state index < -0.39 is 12.1 Å². The number of aliphatic hydroxyl groups is 2. The zero-order valence-corrected chi connectivity index (χ0v) is 46.8. The summed E-state index contributed by atoms with van der Waals surface area (Å²) >= 11 is 0. The van der Waals surface area contributed by atoms with Gasteiger partial charge in [-0.3, -0.25) is 9.59 Å². The van der Waals surface area contributed by atoms with Crippen molar-refractivity contribution in [1.82, 2.24) is 5.32 Å². The fourth-order valence-electron chi connectivity index (χ4n) is 9.99. The molecule has 2 atom stereocenters. The van der Waals surface area contributed by atoms with Gasteiger partial charge in [0.05, 0.1) is 25.4 Å². The lowest BCUT2D eigenvalue weighted by Gasteiger charge is -2.20. The highest BCUT2D eigenvalue weighted by molar-refractivity contribution is 5.76. The van der Waals surface area contributed by atoms with E-state index in [1.54, 1.807) is 6.08 Å². The molecule has 0 bridgehead atoms. The molecule has 0 spiro atoms. The smallest absolute Gasteiger partial charge is 0.305 e. The highest BCUT2D eigenvalue weighted by Gasteiger charge is 2.18. The number of aliphatic hydroxyl groups excluding tert-OH is 2. The minimum Gasteiger partial charge on any atom is -0.466 e. The summed E-state index contributed by atoms with van der Waals surface area (Å²) in [5.74, 6) is -0.0687. The normalized spacial score (nSPS) is 12.6. The lowest BCUT2D eigenvalue weighted by molar-refractivity contribution is -0.143. The Labute approximate surface area is 431 Å². The van der Waals surface area contributed by atoms with E-state index >= 15 is 0 Å². The molecular weight excluding hydrogens is 851 g/mol. The summed E-state index contributed by atoms with van der Waals surface area (Å²) in [5.41, 5.74) is 0. The fraction of sp³-hybridized carbons (Fsp3) is 0.937. The molecule has 6 nitrogen and oxygen atoms in total. The van der Waals surface area contributed by atoms with Crippen LogP contribution in [-0.4, -0.2) is 47.4 Å². The number of hydrogen-bond donors (Lipinski definition) is 3. The average Bonchev–Trinajstić information content (AvgIpc) is 3.35. The average molecular weight is 975 g/mol. The zero-order valence-electron chi connectivity index (χ0n) is 46.8. The van der Waals surface area contributed by atoms with Crippen LogP contribution in [0, 0.1) is 0 Å². The van der Waals surface area contributed by atoms with E-state index in [9.17, 15) is 19.8 Å². The van der Waals surface area contributed by atoms with Gasteiger partial charge in [-0.2, -0.15) is 0 Å². The lowest BCUT2D eigenvalue weighted by atomic mass is 10.0. The number of amides is 1. The third-order valence-corrected chi connectivity index (χ3v) is 14.8. The van der Waals surface area contributed by atoms with Crippen LogP contribution in [0.25, 0.3) is 0 Å². The molecule has 0 radical (unpaired) electrons. The minimum absolute atomic E-state index is 0.00351. The van der Waals surface area contributed by atoms with Crippen molar-refractivity contribution in [2.45, 2.75) is 366 Å². The Hall–Kier alpha value is -1.40. The Bertz CT molecular complexity index is 1030. The third-order valence-electron chi connectivity index (χ3n) is 14.8. The second-order valence-corrected chi connectivity index (χ2v) is 21.8. The SMILES string of the molecule is CCCCCCCCCCCCCCCCCCCCCC/C=C/C(O)C(CO)NC(=O)CCCCCCCCCCCCCCCCCOC(=O)CCCCCCCCCCCCCCCCC. The first-order valence-electron chi connectivity index (χ1n) is 31.5. The van der Waals surface area contributed by atoms with Crippen molar-refractivity contribution in [3.63, 3.8) is 0 Å². The van der Waals surface area contributed by atoms with E-state index in [4.69, 9.17) is 4.74 Å². The second kappa shape index (κ2) is 59.2. The largest absolute Gasteiger partial charge is 0.466 e. The van der Waals surface area contributed by atoms with E-state index in [0.29, 0.717) is 19.4 Å². The summed E-state index contributed by atoms with van der Waals surface area (Å²) in [5, 5.41) is 23.2. The summed E-state index contributed by atoms with van der Waals surface area (Å²) in [6, 6.07) is -0.634. The van der Waals surface area contributed by atoms with Crippen LogP contribution in [0.5, 0.6) is 0 Å². The maximum Gasteiger partial charge on any atom is 0.305 e. The monoisotopic (exact) mass is 974 g/mol. The molecule has 0 saturated carbocycles. The Balaban J connectivity index is 3.45. The standard InChI is InChI=1S/C63H123NO5/c1-3-5-7-9-11-13-15-17-19-20-21-22-23-24-25-28-31-35-39-43-47-51-55-61(66)60(59-65)64-62(67)56-52-48-44-40-36-32-29-26-30-34-38-42-46-50-54-58-69-63(68)57-53-49-45-41-37-33-27-18-16-14-12-10-8-6-4-2/h51,55,60-61,65-66H,3-50,52-54,56-59H2,1-2H3,(H,64,67)/b55-51+. The van der Waals surface area contributed by atoms with Crippen molar-refractivity contribution in [3.8, 4) is 0 Å². The van der Waals surface area contributed by atoms with Crippen LogP contribution < -0.4 is 5.32 Å². The molecule has 0 fully saturated rings. The highest BCUT2D eigenvalue weighted by Crippen LogP contribution is 2.18. The van der Waals surface area contributed by atoms with Gasteiger partial charge in [0, 0.05) is 12.8 Å². The predicted octanol–water partition coefficient (Wildman–Crippen LogP) is 19.6. The minimum atomic E-state index is -0.850. The Kier molecular flexibility index (Phi) is 58.0. The molecule has 0 aromatic rings. The van der Waals surface area contributed by atoms with Gasteiger partial charge in [0.25, 0.3) is 0 Å². The van der Waals surface area contributed by atoms with E-state index in [1.165, 1.54) is 283 Å². The summed E-state index contributed by atoms with van der Waals surface area (Å²) in [4.78, 5) is 24.6. The van der Waals surface area contributed by atoms with Gasteiger partial charge in [0.2, 0.25) is 5.91 Å². The predicted molar refractivity (Wildman–Crippen MR) is 301 cm³/mol. The summed E-state index contributed by atoms with van der Waals surface area (Å²) < 4.78 is 5.48. The molecule has 3 N–H and O–H groups in total. The molecule has 0 saturated heterocycles. The Morgan fingerprint density at radius 3 is 0.986 bits per heavy atom. The van der Waals surface area contributed by atoms with Crippen molar-refractivity contribution in [2.24, 2.45) is 0 Å². The number of allylic oxidation sites excluding steroid dienone is 1. The Morgan fingerprint density at radius 1 is 0.391 bits per heavy atom. The van der Waals surface area contributed by atoms with Crippen LogP contribution in [0.1, 0.15) is 354 Å². The van der Waals surface area contributed by atoms with Gasteiger partial charge in [-0.25, -0.2) is 0 Å². The van der Waals surface area contributed by atoms with E-state index in [0.717, 1.165) is 44.9 Å². The lowest BCUT2D eigenvalue weighted by Crippen LogP contribution is -2.45. The Morgan fingerprint density at radius 2 is 0.667 bits per heavy atom. The molecule has 0 aliphatic carbocycles. The first kappa shape index (κ1) is 67.6. The number of esters is 1. The van der Waals surface area contributed by atoms with Crippen molar-refractivity contribution in [2.75, 3.05) is 13.2 Å². The number of carbonyl (C=O) groups is 2. The van der Waals surface area contributed by atoms with Crippen molar-refractivity contribution < 1.29 is 24.5 Å². The number of ether oxygens (including phenoxy) is 1. The molecule has 410 valence electrons. The zero-order chi connectivity index (χ0) is 50.0. The maximum atomic E-state index is 12.5. The van der Waals surface area contributed by atoms with E-state index in [-0.39, 0.29) is 18.5 Å². The molecule has 0 heterocycles. The van der Waals surface area contributed by atoms with Gasteiger partial charge < -0.3 is 20.3 Å². The van der Waals surface area contributed by atoms with Crippen LogP contribution in [0.3, 0.4) is 0 Å². The molecular formula is C63H123NO5. The van der Waals surface area contributed by atoms with Crippen molar-refractivity contribution in [1.29, 1.82) is 0 Å². The van der Waals surface area contributed by atoms with Crippen LogP contribution >= 0.6 is 0 Å². The van der Waals surface area contributed by atoms with E-state index in [1.807, 2.05) is 6.08 Å². The van der Waals surface area contributed by atoms with Gasteiger partial charge in [0.1, 0.15) is 0 Å². The summed E-state index contributed by atoms with van der Waals surface area (Å²) in [6.45, 7) is 4.92. The molecule has 0 rings (SSSR count). The number of unbranched alkanes of at least 4 members (excludes halogenated alkanes) is 48. The first-order chi connectivity index (χ1) is 34.0. The molecule has 69 heavy (non-hydrogen) atoms. The molecule has 6 heteroatoms. The van der Waals surface area contributed by atoms with Crippen molar-refractivity contribution in [3.05, 3.63) is 12.2 Å². The second-order valence-electron chi connectivity index (χ2n) is 21.8. The molecule has 0 aliphatic rings. The van der Waals surface area contributed by atoms with E-state index in [2.05, 4.69) is 19.2 Å². The molecule has 0 aromatic heterocycles. The number of hydrogen-bond acceptors (Lipinski definition) is 5. The number of nitrogens with one attached hydrogen (secondary N) is 1. The van der Waals surface area contributed by atoms with Crippen LogP contribution in [-0.2, 0) is 14.3 Å². The van der Waals surface area contributed by atoms with Crippen LogP contribution in [0.4, 0.5) is 0 Å².